The highest BCUT2D eigenvalue weighted by Crippen LogP contribution is 2.27. The summed E-state index contributed by atoms with van der Waals surface area (Å²) in [5.41, 5.74) is 1.76. The molecule has 1 atom stereocenters. The van der Waals surface area contributed by atoms with Crippen LogP contribution in [0.3, 0.4) is 0 Å². The number of hydrogen-bond acceptors (Lipinski definition) is 5. The molecular weight excluding hydrogens is 496 g/mol. The first-order chi connectivity index (χ1) is 15.9. The van der Waals surface area contributed by atoms with Gasteiger partial charge >= 0.3 is 0 Å². The number of carbonyl (C=O) groups excluding carboxylic acids is 1. The van der Waals surface area contributed by atoms with Crippen LogP contribution in [-0.2, 0) is 24.7 Å². The maximum Gasteiger partial charge on any atom is 0.264 e. The highest BCUT2D eigenvalue weighted by atomic mass is 35.5. The molecule has 0 aromatic heterocycles. The molecular formula is C24H25ClN2O5S2. The molecule has 0 fully saturated rings. The van der Waals surface area contributed by atoms with Gasteiger partial charge in [0.25, 0.3) is 10.0 Å². The van der Waals surface area contributed by atoms with Gasteiger partial charge in [0.2, 0.25) is 5.91 Å². The van der Waals surface area contributed by atoms with Crippen LogP contribution in [0.5, 0.6) is 0 Å². The molecule has 0 saturated carbocycles. The molecule has 0 radical (unpaired) electrons. The minimum absolute atomic E-state index is 0.0114. The van der Waals surface area contributed by atoms with Crippen LogP contribution in [0, 0.1) is 6.92 Å². The standard InChI is InChI=1S/C24H25ClN2O5S2/c1-17-6-4-5-7-23(17)27(34(31,32)22-14-10-20(25)11-15-22)16-24(28)26-18(2)19-8-12-21(13-9-19)33(3,29)30/h4-15,18H,16H2,1-3H3,(H,26,28)/t18-/m1/s1. The van der Waals surface area contributed by atoms with Crippen molar-refractivity contribution in [3.8, 4) is 0 Å². The maximum absolute atomic E-state index is 13.5. The van der Waals surface area contributed by atoms with E-state index in [4.69, 9.17) is 11.6 Å². The molecule has 3 rings (SSSR count). The molecule has 7 nitrogen and oxygen atoms in total. The number of carbonyl (C=O) groups is 1. The molecule has 1 N–H and O–H groups in total. The van der Waals surface area contributed by atoms with E-state index >= 15 is 0 Å². The van der Waals surface area contributed by atoms with Gasteiger partial charge in [-0.05, 0) is 67.4 Å². The van der Waals surface area contributed by atoms with Gasteiger partial charge in [-0.2, -0.15) is 0 Å². The Balaban J connectivity index is 1.87. The lowest BCUT2D eigenvalue weighted by atomic mass is 10.1. The lowest BCUT2D eigenvalue weighted by Crippen LogP contribution is -2.41. The van der Waals surface area contributed by atoms with E-state index in [1.54, 1.807) is 50.2 Å². The van der Waals surface area contributed by atoms with E-state index in [0.29, 0.717) is 21.8 Å². The first-order valence-electron chi connectivity index (χ1n) is 10.3. The Morgan fingerprint density at radius 1 is 0.912 bits per heavy atom. The second kappa shape index (κ2) is 10.2. The van der Waals surface area contributed by atoms with E-state index in [0.717, 1.165) is 10.6 Å². The van der Waals surface area contributed by atoms with Crippen molar-refractivity contribution in [2.75, 3.05) is 17.1 Å². The van der Waals surface area contributed by atoms with Crippen LogP contribution in [0.25, 0.3) is 0 Å². The van der Waals surface area contributed by atoms with Crippen molar-refractivity contribution in [1.29, 1.82) is 0 Å². The average molecular weight is 521 g/mol. The van der Waals surface area contributed by atoms with Crippen molar-refractivity contribution in [2.45, 2.75) is 29.7 Å². The molecule has 34 heavy (non-hydrogen) atoms. The molecule has 0 bridgehead atoms. The maximum atomic E-state index is 13.5. The predicted molar refractivity (Wildman–Crippen MR) is 133 cm³/mol. The third kappa shape index (κ3) is 5.97. The number of para-hydroxylation sites is 1. The Bertz CT molecular complexity index is 1390. The highest BCUT2D eigenvalue weighted by Gasteiger charge is 2.28. The van der Waals surface area contributed by atoms with Crippen LogP contribution >= 0.6 is 11.6 Å². The minimum Gasteiger partial charge on any atom is -0.348 e. The number of amides is 1. The topological polar surface area (TPSA) is 101 Å². The fourth-order valence-corrected chi connectivity index (χ4v) is 5.62. The molecule has 0 aliphatic rings. The van der Waals surface area contributed by atoms with Crippen molar-refractivity contribution in [2.24, 2.45) is 0 Å². The number of hydrogen-bond donors (Lipinski definition) is 1. The van der Waals surface area contributed by atoms with Crippen LogP contribution in [0.4, 0.5) is 5.69 Å². The van der Waals surface area contributed by atoms with Crippen molar-refractivity contribution in [3.05, 3.63) is 88.9 Å². The van der Waals surface area contributed by atoms with Crippen LogP contribution in [-0.4, -0.2) is 35.5 Å². The summed E-state index contributed by atoms with van der Waals surface area (Å²) in [6, 6.07) is 18.3. The van der Waals surface area contributed by atoms with Gasteiger partial charge in [-0.15, -0.1) is 0 Å². The second-order valence-corrected chi connectivity index (χ2v) is 12.2. The Morgan fingerprint density at radius 3 is 2.03 bits per heavy atom. The molecule has 0 saturated heterocycles. The average Bonchev–Trinajstić information content (AvgIpc) is 2.78. The van der Waals surface area contributed by atoms with Crippen LogP contribution < -0.4 is 9.62 Å². The Labute approximate surface area is 205 Å². The van der Waals surface area contributed by atoms with Gasteiger partial charge in [0, 0.05) is 11.3 Å². The summed E-state index contributed by atoms with van der Waals surface area (Å²) in [6.07, 6.45) is 1.12. The largest absolute Gasteiger partial charge is 0.348 e. The lowest BCUT2D eigenvalue weighted by molar-refractivity contribution is -0.120. The van der Waals surface area contributed by atoms with Crippen molar-refractivity contribution in [3.63, 3.8) is 0 Å². The molecule has 0 heterocycles. The predicted octanol–water partition coefficient (Wildman–Crippen LogP) is 4.12. The number of sulfone groups is 1. The minimum atomic E-state index is -4.06. The lowest BCUT2D eigenvalue weighted by Gasteiger charge is -2.26. The van der Waals surface area contributed by atoms with Gasteiger partial charge in [-0.1, -0.05) is 41.9 Å². The normalized spacial score (nSPS) is 12.7. The number of nitrogens with zero attached hydrogens (tertiary/aromatic N) is 1. The van der Waals surface area contributed by atoms with E-state index in [-0.39, 0.29) is 9.79 Å². The quantitative estimate of drug-likeness (QED) is 0.481. The third-order valence-electron chi connectivity index (χ3n) is 5.26. The van der Waals surface area contributed by atoms with Gasteiger partial charge in [0.05, 0.1) is 21.5 Å². The fraction of sp³-hybridized carbons (Fsp3) is 0.208. The number of rotatable bonds is 8. The zero-order valence-electron chi connectivity index (χ0n) is 18.9. The van der Waals surface area contributed by atoms with E-state index in [2.05, 4.69) is 5.32 Å². The monoisotopic (exact) mass is 520 g/mol. The molecule has 1 amide bonds. The molecule has 0 aliphatic heterocycles. The molecule has 0 unspecified atom stereocenters. The molecule has 0 aliphatic carbocycles. The van der Waals surface area contributed by atoms with E-state index in [1.807, 2.05) is 0 Å². The summed E-state index contributed by atoms with van der Waals surface area (Å²) in [7, 11) is -7.40. The van der Waals surface area contributed by atoms with Gasteiger partial charge in [-0.25, -0.2) is 16.8 Å². The first kappa shape index (κ1) is 25.7. The van der Waals surface area contributed by atoms with Gasteiger partial charge < -0.3 is 5.32 Å². The van der Waals surface area contributed by atoms with E-state index < -0.39 is 38.4 Å². The molecule has 180 valence electrons. The number of aryl methyl sites for hydroxylation is 1. The summed E-state index contributed by atoms with van der Waals surface area (Å²) in [5.74, 6) is -0.513. The Kier molecular flexibility index (Phi) is 7.70. The first-order valence-corrected chi connectivity index (χ1v) is 14.0. The van der Waals surface area contributed by atoms with Gasteiger partial charge in [0.1, 0.15) is 6.54 Å². The van der Waals surface area contributed by atoms with Crippen LogP contribution in [0.2, 0.25) is 5.02 Å². The number of halogens is 1. The zero-order chi connectivity index (χ0) is 25.1. The fourth-order valence-electron chi connectivity index (χ4n) is 3.38. The number of nitrogens with one attached hydrogen (secondary N) is 1. The summed E-state index contributed by atoms with van der Waals surface area (Å²) < 4.78 is 51.3. The summed E-state index contributed by atoms with van der Waals surface area (Å²) in [5, 5.41) is 3.19. The Morgan fingerprint density at radius 2 is 1.47 bits per heavy atom. The van der Waals surface area contributed by atoms with E-state index in [1.165, 1.54) is 36.4 Å². The summed E-state index contributed by atoms with van der Waals surface area (Å²) in [4.78, 5) is 13.1. The molecule has 10 heteroatoms. The second-order valence-electron chi connectivity index (χ2n) is 7.88. The zero-order valence-corrected chi connectivity index (χ0v) is 21.3. The highest BCUT2D eigenvalue weighted by molar-refractivity contribution is 7.93. The van der Waals surface area contributed by atoms with Crippen LogP contribution in [0.15, 0.2) is 82.6 Å². The molecule has 0 spiro atoms. The van der Waals surface area contributed by atoms with Gasteiger partial charge in [-0.3, -0.25) is 9.10 Å². The SMILES string of the molecule is Cc1ccccc1N(CC(=O)N[C@H](C)c1ccc(S(C)(=O)=O)cc1)S(=O)(=O)c1ccc(Cl)cc1. The smallest absolute Gasteiger partial charge is 0.264 e. The third-order valence-corrected chi connectivity index (χ3v) is 8.41. The van der Waals surface area contributed by atoms with Crippen molar-refractivity contribution < 1.29 is 21.6 Å². The number of benzene rings is 3. The van der Waals surface area contributed by atoms with Crippen molar-refractivity contribution in [1.82, 2.24) is 5.32 Å². The molecule has 3 aromatic carbocycles. The number of sulfonamides is 1. The van der Waals surface area contributed by atoms with Gasteiger partial charge in [0.15, 0.2) is 9.84 Å². The van der Waals surface area contributed by atoms with Crippen LogP contribution in [0.1, 0.15) is 24.1 Å². The summed E-state index contributed by atoms with van der Waals surface area (Å²) in [6.45, 7) is 3.06. The van der Waals surface area contributed by atoms with E-state index in [9.17, 15) is 21.6 Å². The molecule has 3 aromatic rings. The summed E-state index contributed by atoms with van der Waals surface area (Å²) >= 11 is 5.91. The Hall–Kier alpha value is -2.88. The van der Waals surface area contributed by atoms with Crippen molar-refractivity contribution >= 4 is 43.1 Å². The number of anilines is 1.